The molecule has 0 aliphatic carbocycles. The highest BCUT2D eigenvalue weighted by Gasteiger charge is 2.18. The summed E-state index contributed by atoms with van der Waals surface area (Å²) in [6, 6.07) is 6.17. The fourth-order valence-electron chi connectivity index (χ4n) is 2.65. The molecule has 2 heterocycles. The molecule has 1 aliphatic rings. The molecule has 1 aromatic heterocycles. The van der Waals surface area contributed by atoms with E-state index >= 15 is 0 Å². The number of fused-ring (bicyclic) bond motifs is 1. The molecule has 108 valence electrons. The highest BCUT2D eigenvalue weighted by Crippen LogP contribution is 2.32. The maximum atomic E-state index is 8.95. The number of benzene rings is 1. The smallest absolute Gasteiger partial charge is 0.157 e. The summed E-state index contributed by atoms with van der Waals surface area (Å²) in [5.74, 6) is 0. The highest BCUT2D eigenvalue weighted by molar-refractivity contribution is 5.93. The number of likely N-dealkylation sites (N-methyl/N-ethyl adjacent to an activating group) is 1. The summed E-state index contributed by atoms with van der Waals surface area (Å²) in [6.45, 7) is 4.84. The van der Waals surface area contributed by atoms with E-state index in [0.717, 1.165) is 48.5 Å². The van der Waals surface area contributed by atoms with Gasteiger partial charge in [0, 0.05) is 43.8 Å². The van der Waals surface area contributed by atoms with Gasteiger partial charge in [-0.1, -0.05) is 0 Å². The number of nitrogens with one attached hydrogen (secondary N) is 1. The van der Waals surface area contributed by atoms with Crippen molar-refractivity contribution in [3.8, 4) is 0 Å². The van der Waals surface area contributed by atoms with Gasteiger partial charge in [-0.2, -0.15) is 0 Å². The summed E-state index contributed by atoms with van der Waals surface area (Å²) in [7, 11) is 2.15. The maximum Gasteiger partial charge on any atom is 0.157 e. The lowest BCUT2D eigenvalue weighted by atomic mass is 10.1. The molecule has 0 bridgehead atoms. The predicted molar refractivity (Wildman–Crippen MR) is 81.5 cm³/mol. The maximum absolute atomic E-state index is 8.95. The summed E-state index contributed by atoms with van der Waals surface area (Å²) in [5.41, 5.74) is 3.12. The summed E-state index contributed by atoms with van der Waals surface area (Å²) >= 11 is 0. The lowest BCUT2D eigenvalue weighted by molar-refractivity contribution is 0.311. The van der Waals surface area contributed by atoms with Crippen LogP contribution in [0.2, 0.25) is 0 Å². The van der Waals surface area contributed by atoms with Crippen LogP contribution in [0, 0.1) is 0 Å². The van der Waals surface area contributed by atoms with E-state index in [9.17, 15) is 0 Å². The lowest BCUT2D eigenvalue weighted by Gasteiger charge is -2.34. The third-order valence-electron chi connectivity index (χ3n) is 3.82. The van der Waals surface area contributed by atoms with Crippen molar-refractivity contribution in [3.05, 3.63) is 24.5 Å². The third kappa shape index (κ3) is 2.59. The number of piperazine rings is 1. The summed E-state index contributed by atoms with van der Waals surface area (Å²) in [5, 5.41) is 13.3. The number of aliphatic hydroxyl groups excluding tert-OH is 1. The van der Waals surface area contributed by atoms with Crippen LogP contribution in [0.15, 0.2) is 28.9 Å². The first-order chi connectivity index (χ1) is 9.78. The van der Waals surface area contributed by atoms with Crippen LogP contribution in [0.5, 0.6) is 0 Å². The number of rotatable bonds is 4. The molecule has 2 aromatic rings. The van der Waals surface area contributed by atoms with Gasteiger partial charge in [-0.3, -0.25) is 0 Å². The van der Waals surface area contributed by atoms with Gasteiger partial charge >= 0.3 is 0 Å². The minimum atomic E-state index is 0.132. The quantitative estimate of drug-likeness (QED) is 0.887. The topological polar surface area (TPSA) is 51.9 Å². The van der Waals surface area contributed by atoms with Crippen molar-refractivity contribution >= 4 is 22.3 Å². The molecule has 0 unspecified atom stereocenters. The fourth-order valence-corrected chi connectivity index (χ4v) is 2.65. The number of aliphatic hydroxyl groups is 1. The Kier molecular flexibility index (Phi) is 3.80. The van der Waals surface area contributed by atoms with Crippen molar-refractivity contribution < 1.29 is 9.52 Å². The molecule has 0 saturated carbocycles. The Morgan fingerprint density at radius 3 is 2.80 bits per heavy atom. The van der Waals surface area contributed by atoms with Crippen molar-refractivity contribution in [2.24, 2.45) is 0 Å². The molecule has 2 N–H and O–H groups in total. The second-order valence-corrected chi connectivity index (χ2v) is 5.28. The van der Waals surface area contributed by atoms with Crippen LogP contribution in [0.4, 0.5) is 11.4 Å². The standard InChI is InChI=1S/C15H21N3O2/c1-17-4-6-18(7-5-17)14-11-13(16-3-8-19)10-12-2-9-20-15(12)14/h2,9-11,16,19H,3-8H2,1H3. The van der Waals surface area contributed by atoms with E-state index in [1.54, 1.807) is 6.26 Å². The van der Waals surface area contributed by atoms with Gasteiger partial charge in [-0.25, -0.2) is 0 Å². The Balaban J connectivity index is 1.93. The molecule has 1 aliphatic heterocycles. The van der Waals surface area contributed by atoms with Crippen molar-refractivity contribution in [3.63, 3.8) is 0 Å². The van der Waals surface area contributed by atoms with Crippen molar-refractivity contribution in [2.45, 2.75) is 0 Å². The van der Waals surface area contributed by atoms with Crippen LogP contribution in [0.1, 0.15) is 0 Å². The first-order valence-corrected chi connectivity index (χ1v) is 7.07. The predicted octanol–water partition coefficient (Wildman–Crippen LogP) is 1.59. The molecule has 1 saturated heterocycles. The van der Waals surface area contributed by atoms with Gasteiger partial charge in [0.25, 0.3) is 0 Å². The van der Waals surface area contributed by atoms with Crippen molar-refractivity contribution in [2.75, 3.05) is 56.6 Å². The minimum Gasteiger partial charge on any atom is -0.462 e. The Morgan fingerprint density at radius 2 is 2.05 bits per heavy atom. The number of hydrogen-bond donors (Lipinski definition) is 2. The first kappa shape index (κ1) is 13.3. The molecule has 0 spiro atoms. The van der Waals surface area contributed by atoms with Crippen LogP contribution in [-0.4, -0.2) is 56.4 Å². The molecule has 20 heavy (non-hydrogen) atoms. The molecule has 1 fully saturated rings. The van der Waals surface area contributed by atoms with Crippen LogP contribution >= 0.6 is 0 Å². The van der Waals surface area contributed by atoms with E-state index in [2.05, 4.69) is 34.3 Å². The van der Waals surface area contributed by atoms with Gasteiger partial charge in [0.2, 0.25) is 0 Å². The SMILES string of the molecule is CN1CCN(c2cc(NCCO)cc3ccoc23)CC1. The Morgan fingerprint density at radius 1 is 1.25 bits per heavy atom. The lowest BCUT2D eigenvalue weighted by Crippen LogP contribution is -2.44. The zero-order valence-corrected chi connectivity index (χ0v) is 11.8. The molecule has 3 rings (SSSR count). The summed E-state index contributed by atoms with van der Waals surface area (Å²) in [4.78, 5) is 4.71. The zero-order valence-electron chi connectivity index (χ0n) is 11.8. The van der Waals surface area contributed by atoms with Gasteiger partial charge in [0.1, 0.15) is 0 Å². The molecular formula is C15H21N3O2. The van der Waals surface area contributed by atoms with Gasteiger partial charge in [-0.05, 0) is 25.2 Å². The summed E-state index contributed by atoms with van der Waals surface area (Å²) < 4.78 is 5.66. The Hall–Kier alpha value is -1.72. The van der Waals surface area contributed by atoms with E-state index in [-0.39, 0.29) is 6.61 Å². The van der Waals surface area contributed by atoms with Gasteiger partial charge < -0.3 is 24.6 Å². The molecule has 0 amide bonds. The van der Waals surface area contributed by atoms with Crippen LogP contribution in [0.25, 0.3) is 11.0 Å². The summed E-state index contributed by atoms with van der Waals surface area (Å²) in [6.07, 6.45) is 1.74. The number of anilines is 2. The molecule has 5 heteroatoms. The van der Waals surface area contributed by atoms with Crippen LogP contribution < -0.4 is 10.2 Å². The van der Waals surface area contributed by atoms with Crippen LogP contribution in [0.3, 0.4) is 0 Å². The number of furan rings is 1. The number of hydrogen-bond acceptors (Lipinski definition) is 5. The highest BCUT2D eigenvalue weighted by atomic mass is 16.3. The largest absolute Gasteiger partial charge is 0.462 e. The van der Waals surface area contributed by atoms with Gasteiger partial charge in [0.15, 0.2) is 5.58 Å². The third-order valence-corrected chi connectivity index (χ3v) is 3.82. The normalized spacial score (nSPS) is 16.8. The molecular weight excluding hydrogens is 254 g/mol. The molecule has 0 atom stereocenters. The average Bonchev–Trinajstić information content (AvgIpc) is 2.93. The van der Waals surface area contributed by atoms with Gasteiger partial charge in [-0.15, -0.1) is 0 Å². The first-order valence-electron chi connectivity index (χ1n) is 7.07. The molecule has 1 aromatic carbocycles. The Labute approximate surface area is 118 Å². The van der Waals surface area contributed by atoms with E-state index in [1.807, 2.05) is 6.07 Å². The van der Waals surface area contributed by atoms with E-state index in [0.29, 0.717) is 6.54 Å². The average molecular weight is 275 g/mol. The van der Waals surface area contributed by atoms with E-state index in [1.165, 1.54) is 0 Å². The van der Waals surface area contributed by atoms with Crippen molar-refractivity contribution in [1.82, 2.24) is 4.90 Å². The fraction of sp³-hybridized carbons (Fsp3) is 0.467. The minimum absolute atomic E-state index is 0.132. The second kappa shape index (κ2) is 5.73. The number of nitrogens with zero attached hydrogens (tertiary/aromatic N) is 2. The van der Waals surface area contributed by atoms with E-state index < -0.39 is 0 Å². The monoisotopic (exact) mass is 275 g/mol. The molecule has 5 nitrogen and oxygen atoms in total. The zero-order chi connectivity index (χ0) is 13.9. The van der Waals surface area contributed by atoms with Crippen LogP contribution in [-0.2, 0) is 0 Å². The second-order valence-electron chi connectivity index (χ2n) is 5.28. The van der Waals surface area contributed by atoms with E-state index in [4.69, 9.17) is 9.52 Å². The van der Waals surface area contributed by atoms with Crippen molar-refractivity contribution in [1.29, 1.82) is 0 Å². The molecule has 0 radical (unpaired) electrons. The Bertz CT molecular complexity index is 574. The van der Waals surface area contributed by atoms with Gasteiger partial charge in [0.05, 0.1) is 18.6 Å².